The first-order valence-electron chi connectivity index (χ1n) is 10.9. The van der Waals surface area contributed by atoms with E-state index in [1.54, 1.807) is 49.6 Å². The second-order valence-corrected chi connectivity index (χ2v) is 8.35. The summed E-state index contributed by atoms with van der Waals surface area (Å²) in [5.41, 5.74) is 2.92. The Morgan fingerprint density at radius 2 is 1.71 bits per heavy atom. The van der Waals surface area contributed by atoms with Crippen LogP contribution in [0.2, 0.25) is 0 Å². The van der Waals surface area contributed by atoms with Gasteiger partial charge in [-0.3, -0.25) is 14.5 Å². The van der Waals surface area contributed by atoms with Gasteiger partial charge in [0.05, 0.1) is 30.4 Å². The maximum atomic E-state index is 13.3. The molecule has 0 radical (unpaired) electrons. The fourth-order valence-corrected chi connectivity index (χ4v) is 4.23. The lowest BCUT2D eigenvalue weighted by atomic mass is 9.93. The molecule has 4 rings (SSSR count). The van der Waals surface area contributed by atoms with Gasteiger partial charge in [0.2, 0.25) is 0 Å². The minimum atomic E-state index is -0.821. The van der Waals surface area contributed by atoms with Gasteiger partial charge in [-0.2, -0.15) is 5.26 Å². The third-order valence-electron chi connectivity index (χ3n) is 5.96. The van der Waals surface area contributed by atoms with Crippen molar-refractivity contribution in [2.45, 2.75) is 25.8 Å². The molecule has 0 aliphatic carbocycles. The Morgan fingerprint density at radius 3 is 2.29 bits per heavy atom. The zero-order valence-corrected chi connectivity index (χ0v) is 19.1. The second kappa shape index (κ2) is 9.24. The van der Waals surface area contributed by atoms with Crippen LogP contribution < -0.4 is 9.64 Å². The number of methoxy groups -OCH3 is 1. The molecule has 1 amide bonds. The lowest BCUT2D eigenvalue weighted by Crippen LogP contribution is -2.29. The molecule has 0 bridgehead atoms. The zero-order valence-electron chi connectivity index (χ0n) is 19.1. The van der Waals surface area contributed by atoms with E-state index in [0.717, 1.165) is 5.56 Å². The van der Waals surface area contributed by atoms with Gasteiger partial charge in [0.1, 0.15) is 11.5 Å². The molecule has 0 aromatic heterocycles. The minimum Gasteiger partial charge on any atom is -0.507 e. The molecule has 6 heteroatoms. The SMILES string of the molecule is COc1ccc(/C(O)=C2/C(=O)C(=O)N(c3ccc(C#N)cc3)C2c2ccccc2)cc1C(C)C. The summed E-state index contributed by atoms with van der Waals surface area (Å²) in [7, 11) is 1.58. The molecule has 3 aromatic rings. The highest BCUT2D eigenvalue weighted by molar-refractivity contribution is 6.51. The average Bonchev–Trinajstić information content (AvgIpc) is 3.14. The second-order valence-electron chi connectivity index (χ2n) is 8.35. The van der Waals surface area contributed by atoms with Gasteiger partial charge in [0.15, 0.2) is 0 Å². The van der Waals surface area contributed by atoms with E-state index in [0.29, 0.717) is 28.1 Å². The number of ketones is 1. The highest BCUT2D eigenvalue weighted by atomic mass is 16.5. The molecule has 1 fully saturated rings. The van der Waals surface area contributed by atoms with Crippen LogP contribution in [-0.4, -0.2) is 23.9 Å². The van der Waals surface area contributed by atoms with Gasteiger partial charge in [0.25, 0.3) is 11.7 Å². The summed E-state index contributed by atoms with van der Waals surface area (Å²) in [5.74, 6) is -0.943. The summed E-state index contributed by atoms with van der Waals surface area (Å²) in [5, 5.41) is 20.5. The van der Waals surface area contributed by atoms with Crippen LogP contribution >= 0.6 is 0 Å². The molecule has 3 aromatic carbocycles. The van der Waals surface area contributed by atoms with Crippen molar-refractivity contribution in [2.75, 3.05) is 12.0 Å². The molecule has 6 nitrogen and oxygen atoms in total. The fourth-order valence-electron chi connectivity index (χ4n) is 4.23. The van der Waals surface area contributed by atoms with Crippen molar-refractivity contribution in [2.24, 2.45) is 0 Å². The number of ether oxygens (including phenoxy) is 1. The standard InChI is InChI=1S/C28H24N2O4/c1-17(2)22-15-20(11-14-23(22)34-3)26(31)24-25(19-7-5-4-6-8-19)30(28(33)27(24)32)21-12-9-18(16-29)10-13-21/h4-15,17,25,31H,1-3H3/b26-24-. The number of carbonyl (C=O) groups is 2. The van der Waals surface area contributed by atoms with Crippen molar-refractivity contribution >= 4 is 23.1 Å². The third-order valence-corrected chi connectivity index (χ3v) is 5.96. The van der Waals surface area contributed by atoms with Crippen molar-refractivity contribution in [3.63, 3.8) is 0 Å². The summed E-state index contributed by atoms with van der Waals surface area (Å²) < 4.78 is 5.44. The topological polar surface area (TPSA) is 90.6 Å². The number of amides is 1. The number of nitrogens with zero attached hydrogens (tertiary/aromatic N) is 2. The normalized spacial score (nSPS) is 17.1. The number of hydrogen-bond acceptors (Lipinski definition) is 5. The first-order chi connectivity index (χ1) is 16.4. The quantitative estimate of drug-likeness (QED) is 0.322. The van der Waals surface area contributed by atoms with Gasteiger partial charge in [-0.1, -0.05) is 44.2 Å². The van der Waals surface area contributed by atoms with E-state index < -0.39 is 17.7 Å². The van der Waals surface area contributed by atoms with E-state index in [1.807, 2.05) is 50.2 Å². The summed E-state index contributed by atoms with van der Waals surface area (Å²) in [6.45, 7) is 4.02. The van der Waals surface area contributed by atoms with Crippen LogP contribution in [0.4, 0.5) is 5.69 Å². The molecule has 1 heterocycles. The summed E-state index contributed by atoms with van der Waals surface area (Å²) in [6, 6.07) is 22.0. The highest BCUT2D eigenvalue weighted by Crippen LogP contribution is 2.42. The van der Waals surface area contributed by atoms with E-state index in [-0.39, 0.29) is 17.3 Å². The van der Waals surface area contributed by atoms with Gasteiger partial charge in [-0.05, 0) is 59.5 Å². The van der Waals surface area contributed by atoms with Gasteiger partial charge in [-0.15, -0.1) is 0 Å². The molecule has 0 saturated carbocycles. The maximum absolute atomic E-state index is 13.3. The molecule has 34 heavy (non-hydrogen) atoms. The van der Waals surface area contributed by atoms with Crippen LogP contribution in [0.1, 0.15) is 48.1 Å². The maximum Gasteiger partial charge on any atom is 0.300 e. The molecule has 1 atom stereocenters. The van der Waals surface area contributed by atoms with E-state index in [1.165, 1.54) is 4.90 Å². The molecule has 1 aliphatic heterocycles. The number of aliphatic hydroxyl groups excluding tert-OH is 1. The lowest BCUT2D eigenvalue weighted by molar-refractivity contribution is -0.132. The number of rotatable bonds is 5. The predicted octanol–water partition coefficient (Wildman–Crippen LogP) is 5.32. The van der Waals surface area contributed by atoms with Gasteiger partial charge in [-0.25, -0.2) is 0 Å². The molecule has 1 N–H and O–H groups in total. The molecule has 1 unspecified atom stereocenters. The van der Waals surface area contributed by atoms with Crippen LogP contribution in [-0.2, 0) is 9.59 Å². The van der Waals surface area contributed by atoms with Crippen LogP contribution in [0.25, 0.3) is 5.76 Å². The van der Waals surface area contributed by atoms with Crippen molar-refractivity contribution in [3.05, 3.63) is 101 Å². The number of Topliss-reactive ketones (excluding diaryl/α,β-unsaturated/α-hetero) is 1. The molecule has 1 aliphatic rings. The van der Waals surface area contributed by atoms with E-state index in [4.69, 9.17) is 10.00 Å². The Labute approximate surface area is 198 Å². The average molecular weight is 453 g/mol. The molecule has 0 spiro atoms. The zero-order chi connectivity index (χ0) is 24.4. The predicted molar refractivity (Wildman–Crippen MR) is 129 cm³/mol. The monoisotopic (exact) mass is 452 g/mol. The number of benzene rings is 3. The van der Waals surface area contributed by atoms with E-state index >= 15 is 0 Å². The van der Waals surface area contributed by atoms with E-state index in [9.17, 15) is 14.7 Å². The van der Waals surface area contributed by atoms with Crippen molar-refractivity contribution in [1.29, 1.82) is 5.26 Å². The van der Waals surface area contributed by atoms with Crippen molar-refractivity contribution in [1.82, 2.24) is 0 Å². The smallest absolute Gasteiger partial charge is 0.300 e. The Bertz CT molecular complexity index is 1320. The fraction of sp³-hybridized carbons (Fsp3) is 0.179. The number of carbonyl (C=O) groups excluding carboxylic acids is 2. The summed E-state index contributed by atoms with van der Waals surface area (Å²) in [6.07, 6.45) is 0. The van der Waals surface area contributed by atoms with Crippen molar-refractivity contribution < 1.29 is 19.4 Å². The van der Waals surface area contributed by atoms with Crippen LogP contribution in [0.5, 0.6) is 5.75 Å². The number of aliphatic hydroxyl groups is 1. The largest absolute Gasteiger partial charge is 0.507 e. The lowest BCUT2D eigenvalue weighted by Gasteiger charge is -2.25. The Kier molecular flexibility index (Phi) is 6.20. The van der Waals surface area contributed by atoms with Gasteiger partial charge < -0.3 is 9.84 Å². The van der Waals surface area contributed by atoms with Crippen LogP contribution in [0, 0.1) is 11.3 Å². The third kappa shape index (κ3) is 3.93. The molecule has 1 saturated heterocycles. The van der Waals surface area contributed by atoms with Crippen LogP contribution in [0.15, 0.2) is 78.4 Å². The summed E-state index contributed by atoms with van der Waals surface area (Å²) in [4.78, 5) is 27.9. The number of hydrogen-bond donors (Lipinski definition) is 1. The highest BCUT2D eigenvalue weighted by Gasteiger charge is 2.46. The molecular weight excluding hydrogens is 428 g/mol. The van der Waals surface area contributed by atoms with Gasteiger partial charge in [0, 0.05) is 11.3 Å². The van der Waals surface area contributed by atoms with Gasteiger partial charge >= 0.3 is 0 Å². The first kappa shape index (κ1) is 22.8. The molecule has 170 valence electrons. The minimum absolute atomic E-state index is 0.0143. The Hall–Kier alpha value is -4.37. The molecular formula is C28H24N2O4. The van der Waals surface area contributed by atoms with Crippen molar-refractivity contribution in [3.8, 4) is 11.8 Å². The number of nitriles is 1. The summed E-state index contributed by atoms with van der Waals surface area (Å²) >= 11 is 0. The number of anilines is 1. The Morgan fingerprint density at radius 1 is 1.03 bits per heavy atom. The first-order valence-corrected chi connectivity index (χ1v) is 10.9. The van der Waals surface area contributed by atoms with E-state index in [2.05, 4.69) is 0 Å². The van der Waals surface area contributed by atoms with Crippen LogP contribution in [0.3, 0.4) is 0 Å². The Balaban J connectivity index is 1.92.